The van der Waals surface area contributed by atoms with Gasteiger partial charge in [-0.15, -0.1) is 31.4 Å². The largest absolute Gasteiger partial charge is 0.494 e. The predicted octanol–water partition coefficient (Wildman–Crippen LogP) is 3.06. The molecule has 1 aromatic rings. The number of halogens is 2. The van der Waals surface area contributed by atoms with E-state index in [0.717, 1.165) is 31.9 Å². The molecule has 0 saturated carbocycles. The molecule has 0 bridgehead atoms. The minimum absolute atomic E-state index is 0. The molecule has 3 nitrogen and oxygen atoms in total. The second-order valence-electron chi connectivity index (χ2n) is 4.47. The van der Waals surface area contributed by atoms with Crippen molar-refractivity contribution in [3.05, 3.63) is 42.5 Å². The zero-order chi connectivity index (χ0) is 12.8. The van der Waals surface area contributed by atoms with Crippen LogP contribution in [0.2, 0.25) is 0 Å². The Bertz CT molecular complexity index is 395. The van der Waals surface area contributed by atoms with E-state index in [2.05, 4.69) is 35.0 Å². The number of nitrogens with zero attached hydrogens (tertiary/aromatic N) is 1. The summed E-state index contributed by atoms with van der Waals surface area (Å²) in [6, 6.07) is 8.62. The third-order valence-electron chi connectivity index (χ3n) is 3.28. The Morgan fingerprint density at radius 1 is 1.35 bits per heavy atom. The molecular weight excluding hydrogens is 295 g/mol. The summed E-state index contributed by atoms with van der Waals surface area (Å²) in [6.07, 6.45) is 2.02. The van der Waals surface area contributed by atoms with Crippen LogP contribution in [0.25, 0.3) is 0 Å². The van der Waals surface area contributed by atoms with E-state index in [-0.39, 0.29) is 30.9 Å². The van der Waals surface area contributed by atoms with Crippen LogP contribution < -0.4 is 10.1 Å². The summed E-state index contributed by atoms with van der Waals surface area (Å²) in [5.41, 5.74) is 1.26. The van der Waals surface area contributed by atoms with Crippen molar-refractivity contribution in [3.63, 3.8) is 0 Å². The van der Waals surface area contributed by atoms with Crippen LogP contribution in [0.15, 0.2) is 36.9 Å². The normalized spacial score (nSPS) is 16.4. The molecule has 0 unspecified atom stereocenters. The smallest absolute Gasteiger partial charge is 0.119 e. The zero-order valence-electron chi connectivity index (χ0n) is 11.9. The summed E-state index contributed by atoms with van der Waals surface area (Å²) in [7, 11) is 0. The van der Waals surface area contributed by atoms with Crippen LogP contribution in [0.4, 0.5) is 0 Å². The van der Waals surface area contributed by atoms with E-state index < -0.39 is 0 Å². The number of ether oxygens (including phenoxy) is 1. The zero-order valence-corrected chi connectivity index (χ0v) is 13.5. The molecule has 1 aliphatic heterocycles. The van der Waals surface area contributed by atoms with Crippen molar-refractivity contribution in [1.29, 1.82) is 0 Å². The Kier molecular flexibility index (Phi) is 9.68. The Labute approximate surface area is 134 Å². The van der Waals surface area contributed by atoms with E-state index in [4.69, 9.17) is 4.74 Å². The molecule has 114 valence electrons. The fraction of sp³-hybridized carbons (Fsp3) is 0.467. The quantitative estimate of drug-likeness (QED) is 0.844. The van der Waals surface area contributed by atoms with Gasteiger partial charge in [0.25, 0.3) is 0 Å². The lowest BCUT2D eigenvalue weighted by Gasteiger charge is -2.33. The number of benzene rings is 1. The third kappa shape index (κ3) is 4.98. The average Bonchev–Trinajstić information content (AvgIpc) is 2.42. The number of hydrogen-bond acceptors (Lipinski definition) is 3. The van der Waals surface area contributed by atoms with Crippen molar-refractivity contribution < 1.29 is 4.74 Å². The van der Waals surface area contributed by atoms with Crippen LogP contribution in [0.5, 0.6) is 5.75 Å². The molecule has 0 aromatic heterocycles. The van der Waals surface area contributed by atoms with Crippen molar-refractivity contribution in [2.24, 2.45) is 0 Å². The fourth-order valence-electron chi connectivity index (χ4n) is 2.41. The maximum Gasteiger partial charge on any atom is 0.119 e. The van der Waals surface area contributed by atoms with Gasteiger partial charge in [0, 0.05) is 26.2 Å². The average molecular weight is 319 g/mol. The van der Waals surface area contributed by atoms with Gasteiger partial charge in [-0.1, -0.05) is 18.2 Å². The fourth-order valence-corrected chi connectivity index (χ4v) is 2.41. The minimum Gasteiger partial charge on any atom is -0.494 e. The second-order valence-corrected chi connectivity index (χ2v) is 4.47. The van der Waals surface area contributed by atoms with Crippen molar-refractivity contribution in [2.75, 3.05) is 32.8 Å². The SMILES string of the molecule is C=C[C@H](c1cccc(OCC)c1)N1CCNCC1.Cl.Cl. The van der Waals surface area contributed by atoms with E-state index in [1.54, 1.807) is 0 Å². The lowest BCUT2D eigenvalue weighted by Crippen LogP contribution is -2.44. The Morgan fingerprint density at radius 2 is 2.05 bits per heavy atom. The highest BCUT2D eigenvalue weighted by atomic mass is 35.5. The highest BCUT2D eigenvalue weighted by Gasteiger charge is 2.19. The van der Waals surface area contributed by atoms with Crippen LogP contribution in [-0.4, -0.2) is 37.7 Å². The van der Waals surface area contributed by atoms with Gasteiger partial charge in [-0.2, -0.15) is 0 Å². The maximum atomic E-state index is 5.56. The highest BCUT2D eigenvalue weighted by molar-refractivity contribution is 5.85. The molecule has 0 spiro atoms. The van der Waals surface area contributed by atoms with Crippen molar-refractivity contribution in [1.82, 2.24) is 10.2 Å². The molecule has 1 saturated heterocycles. The van der Waals surface area contributed by atoms with Gasteiger partial charge in [-0.3, -0.25) is 4.90 Å². The predicted molar refractivity (Wildman–Crippen MR) is 89.5 cm³/mol. The first-order valence-electron chi connectivity index (χ1n) is 6.65. The molecule has 5 heteroatoms. The molecule has 0 aliphatic carbocycles. The van der Waals surface area contributed by atoms with Crippen LogP contribution in [0.3, 0.4) is 0 Å². The summed E-state index contributed by atoms with van der Waals surface area (Å²) >= 11 is 0. The second kappa shape index (κ2) is 10.1. The number of nitrogens with one attached hydrogen (secondary N) is 1. The molecule has 0 amide bonds. The van der Waals surface area contributed by atoms with E-state index in [1.165, 1.54) is 5.56 Å². The Balaban J connectivity index is 0.00000180. The van der Waals surface area contributed by atoms with Gasteiger partial charge in [-0.25, -0.2) is 0 Å². The highest BCUT2D eigenvalue weighted by Crippen LogP contribution is 2.25. The standard InChI is InChI=1S/C15H22N2O.2ClH/c1-3-15(17-10-8-16-9-11-17)13-6-5-7-14(12-13)18-4-2;;/h3,5-7,12,15-16H,1,4,8-11H2,2H3;2*1H/t15-;;/m1../s1. The first-order chi connectivity index (χ1) is 8.85. The third-order valence-corrected chi connectivity index (χ3v) is 3.28. The summed E-state index contributed by atoms with van der Waals surface area (Å²) in [4.78, 5) is 2.45. The molecule has 2 rings (SSSR count). The molecule has 1 N–H and O–H groups in total. The molecule has 1 heterocycles. The topological polar surface area (TPSA) is 24.5 Å². The van der Waals surface area contributed by atoms with Crippen molar-refractivity contribution >= 4 is 24.8 Å². The summed E-state index contributed by atoms with van der Waals surface area (Å²) < 4.78 is 5.56. The van der Waals surface area contributed by atoms with Crippen LogP contribution >= 0.6 is 24.8 Å². The van der Waals surface area contributed by atoms with Gasteiger partial charge in [0.2, 0.25) is 0 Å². The number of piperazine rings is 1. The molecule has 1 aliphatic rings. The van der Waals surface area contributed by atoms with Gasteiger partial charge in [0.05, 0.1) is 12.6 Å². The van der Waals surface area contributed by atoms with Crippen molar-refractivity contribution in [2.45, 2.75) is 13.0 Å². The molecule has 1 atom stereocenters. The van der Waals surface area contributed by atoms with Crippen LogP contribution in [0.1, 0.15) is 18.5 Å². The van der Waals surface area contributed by atoms with Crippen molar-refractivity contribution in [3.8, 4) is 5.75 Å². The van der Waals surface area contributed by atoms with Crippen LogP contribution in [0, 0.1) is 0 Å². The summed E-state index contributed by atoms with van der Waals surface area (Å²) in [6.45, 7) is 10.9. The Morgan fingerprint density at radius 3 is 2.65 bits per heavy atom. The van der Waals surface area contributed by atoms with Gasteiger partial charge in [0.1, 0.15) is 5.75 Å². The summed E-state index contributed by atoms with van der Waals surface area (Å²) in [5, 5.41) is 3.38. The van der Waals surface area contributed by atoms with E-state index >= 15 is 0 Å². The number of hydrogen-bond donors (Lipinski definition) is 1. The monoisotopic (exact) mass is 318 g/mol. The lowest BCUT2D eigenvalue weighted by atomic mass is 10.0. The van der Waals surface area contributed by atoms with E-state index in [1.807, 2.05) is 19.1 Å². The lowest BCUT2D eigenvalue weighted by molar-refractivity contribution is 0.203. The van der Waals surface area contributed by atoms with Gasteiger partial charge in [-0.05, 0) is 24.6 Å². The first kappa shape index (κ1) is 19.3. The first-order valence-corrected chi connectivity index (χ1v) is 6.65. The molecule has 1 aromatic carbocycles. The number of rotatable bonds is 5. The van der Waals surface area contributed by atoms with Gasteiger partial charge < -0.3 is 10.1 Å². The Hall–Kier alpha value is -0.740. The van der Waals surface area contributed by atoms with E-state index in [9.17, 15) is 0 Å². The summed E-state index contributed by atoms with van der Waals surface area (Å²) in [5.74, 6) is 0.942. The molecular formula is C15H24Cl2N2O. The van der Waals surface area contributed by atoms with Crippen LogP contribution in [-0.2, 0) is 0 Å². The van der Waals surface area contributed by atoms with E-state index in [0.29, 0.717) is 6.61 Å². The minimum atomic E-state index is 0. The molecule has 1 fully saturated rings. The van der Waals surface area contributed by atoms with Gasteiger partial charge in [0.15, 0.2) is 0 Å². The van der Waals surface area contributed by atoms with Gasteiger partial charge >= 0.3 is 0 Å². The maximum absolute atomic E-state index is 5.56. The molecule has 0 radical (unpaired) electrons. The molecule has 20 heavy (non-hydrogen) atoms.